The minimum atomic E-state index is -3.50. The maximum Gasteiger partial charge on any atom is 0.303 e. The van der Waals surface area contributed by atoms with Gasteiger partial charge in [-0.05, 0) is 36.0 Å². The Bertz CT molecular complexity index is 1630. The van der Waals surface area contributed by atoms with Crippen molar-refractivity contribution in [2.45, 2.75) is 97.9 Å². The van der Waals surface area contributed by atoms with E-state index in [1.54, 1.807) is 0 Å². The van der Waals surface area contributed by atoms with Crippen LogP contribution in [0.3, 0.4) is 0 Å². The quantitative estimate of drug-likeness (QED) is 0.122. The van der Waals surface area contributed by atoms with Gasteiger partial charge in [-0.1, -0.05) is 44.2 Å². The summed E-state index contributed by atoms with van der Waals surface area (Å²) in [6.07, 6.45) is -1.25. The number of hydrogen-bond donors (Lipinski definition) is 1. The summed E-state index contributed by atoms with van der Waals surface area (Å²) >= 11 is 0. The third-order valence-electron chi connectivity index (χ3n) is 7.24. The van der Waals surface area contributed by atoms with Crippen molar-refractivity contribution in [2.75, 3.05) is 19.5 Å². The average Bonchev–Trinajstić information content (AvgIpc) is 3.37. The third kappa shape index (κ3) is 12.0. The molecule has 1 aromatic heterocycles. The van der Waals surface area contributed by atoms with Gasteiger partial charge in [-0.15, -0.1) is 5.10 Å². The number of rotatable bonds is 15. The van der Waals surface area contributed by atoms with Crippen LogP contribution in [-0.2, 0) is 63.6 Å². The Hall–Kier alpha value is -4.28. The van der Waals surface area contributed by atoms with Crippen LogP contribution in [0.15, 0.2) is 24.3 Å². The number of aromatic amines is 1. The van der Waals surface area contributed by atoms with Crippen LogP contribution in [0.25, 0.3) is 6.08 Å². The summed E-state index contributed by atoms with van der Waals surface area (Å²) in [7, 11) is -3.50. The molecule has 270 valence electrons. The lowest BCUT2D eigenvalue weighted by atomic mass is 9.95. The van der Waals surface area contributed by atoms with E-state index in [1.807, 2.05) is 51.1 Å². The molecule has 1 aromatic carbocycles. The van der Waals surface area contributed by atoms with E-state index in [9.17, 15) is 27.6 Å². The first-order chi connectivity index (χ1) is 22.9. The molecule has 2 heterocycles. The van der Waals surface area contributed by atoms with Crippen molar-refractivity contribution in [2.24, 2.45) is 0 Å². The molecule has 16 heteroatoms. The van der Waals surface area contributed by atoms with Gasteiger partial charge in [0, 0.05) is 45.4 Å². The molecule has 0 spiro atoms. The van der Waals surface area contributed by atoms with Crippen LogP contribution < -0.4 is 4.74 Å². The lowest BCUT2D eigenvalue weighted by molar-refractivity contribution is -0.289. The highest BCUT2D eigenvalue weighted by Gasteiger charge is 2.53. The number of nitrogens with zero attached hydrogens (tertiary/aromatic N) is 1. The highest BCUT2D eigenvalue weighted by molar-refractivity contribution is 7.85. The third-order valence-corrected chi connectivity index (χ3v) is 7.84. The van der Waals surface area contributed by atoms with E-state index >= 15 is 0 Å². The predicted molar refractivity (Wildman–Crippen MR) is 174 cm³/mol. The molecule has 0 saturated carbocycles. The minimum Gasteiger partial charge on any atom is -0.463 e. The van der Waals surface area contributed by atoms with E-state index in [-0.39, 0.29) is 18.4 Å². The number of carbonyl (C=O) groups is 4. The van der Waals surface area contributed by atoms with E-state index in [2.05, 4.69) is 10.2 Å². The van der Waals surface area contributed by atoms with E-state index in [0.717, 1.165) is 49.4 Å². The molecule has 1 N–H and O–H groups in total. The number of H-pyrrole nitrogens is 1. The van der Waals surface area contributed by atoms with Crippen molar-refractivity contribution < 1.29 is 60.2 Å². The Kier molecular flexibility index (Phi) is 13.9. The summed E-state index contributed by atoms with van der Waals surface area (Å²) < 4.78 is 61.1. The molecular formula is C33H44N2O13S. The second-order valence-corrected chi connectivity index (χ2v) is 13.5. The van der Waals surface area contributed by atoms with Gasteiger partial charge in [-0.3, -0.25) is 28.5 Å². The number of carbonyl (C=O) groups excluding carboxylic acids is 4. The Balaban J connectivity index is 1.96. The molecule has 1 aliphatic rings. The van der Waals surface area contributed by atoms with E-state index in [1.165, 1.54) is 6.92 Å². The smallest absolute Gasteiger partial charge is 0.303 e. The second kappa shape index (κ2) is 17.4. The number of esters is 4. The first-order valence-corrected chi connectivity index (χ1v) is 17.4. The zero-order chi connectivity index (χ0) is 36.5. The minimum absolute atomic E-state index is 0.00749. The summed E-state index contributed by atoms with van der Waals surface area (Å²) in [4.78, 5) is 48.2. The first kappa shape index (κ1) is 39.2. The number of hydrogen-bond acceptors (Lipinski definition) is 14. The van der Waals surface area contributed by atoms with Crippen LogP contribution in [0.1, 0.15) is 81.8 Å². The van der Waals surface area contributed by atoms with Crippen LogP contribution in [0.2, 0.25) is 0 Å². The fraction of sp³-hybridized carbons (Fsp3) is 0.545. The fourth-order valence-electron chi connectivity index (χ4n) is 5.20. The van der Waals surface area contributed by atoms with Crippen molar-refractivity contribution in [1.29, 1.82) is 0 Å². The standard InChI is InChI=1S/C33H44N2O13S/c1-18(2)28-26(16-25-13-12-24(15-19(25)3)11-9-10-14-43-49(8,40)41)32(35-34-28)48-33-31(46-23(7)39)30(45-22(6)38)29(44-21(5)37)27(47-33)17-42-20(4)36/h9,11-13,15,18,27,29-31,33H,10,14,16-17H2,1-8H3,(H,34,35). The maximum absolute atomic E-state index is 12.3. The SMILES string of the molecule is CC(=O)OCC1OC(Oc2n[nH]c(C(C)C)c2Cc2ccc(C=CCCOS(C)(=O)=O)cc2C)C(OC(C)=O)C(OC(C)=O)C1OC(C)=O. The molecule has 1 fully saturated rings. The number of benzene rings is 1. The summed E-state index contributed by atoms with van der Waals surface area (Å²) in [5, 5.41) is 7.43. The molecule has 0 radical (unpaired) electrons. The molecule has 5 atom stereocenters. The lowest BCUT2D eigenvalue weighted by Gasteiger charge is -2.43. The Morgan fingerprint density at radius 3 is 2.16 bits per heavy atom. The van der Waals surface area contributed by atoms with Gasteiger partial charge in [-0.25, -0.2) is 0 Å². The molecule has 5 unspecified atom stereocenters. The van der Waals surface area contributed by atoms with Gasteiger partial charge in [0.25, 0.3) is 10.1 Å². The largest absolute Gasteiger partial charge is 0.463 e. The van der Waals surface area contributed by atoms with Crippen molar-refractivity contribution >= 4 is 40.1 Å². The van der Waals surface area contributed by atoms with Gasteiger partial charge >= 0.3 is 23.9 Å². The second-order valence-electron chi connectivity index (χ2n) is 11.8. The molecule has 0 amide bonds. The van der Waals surface area contributed by atoms with Gasteiger partial charge in [0.1, 0.15) is 12.7 Å². The molecular weight excluding hydrogens is 664 g/mol. The summed E-state index contributed by atoms with van der Waals surface area (Å²) in [5.41, 5.74) is 4.28. The zero-order valence-corrected chi connectivity index (χ0v) is 29.7. The average molecular weight is 709 g/mol. The molecule has 49 heavy (non-hydrogen) atoms. The number of aromatic nitrogens is 2. The Morgan fingerprint density at radius 2 is 1.59 bits per heavy atom. The van der Waals surface area contributed by atoms with Gasteiger partial charge in [-0.2, -0.15) is 8.42 Å². The fourth-order valence-corrected chi connectivity index (χ4v) is 5.60. The summed E-state index contributed by atoms with van der Waals surface area (Å²) in [6, 6.07) is 5.86. The molecule has 0 bridgehead atoms. The highest BCUT2D eigenvalue weighted by Crippen LogP contribution is 2.34. The van der Waals surface area contributed by atoms with E-state index in [0.29, 0.717) is 18.4 Å². The van der Waals surface area contributed by atoms with Crippen LogP contribution in [-0.4, -0.2) is 92.7 Å². The number of ether oxygens (including phenoxy) is 6. The number of aryl methyl sites for hydroxylation is 1. The van der Waals surface area contributed by atoms with E-state index < -0.39 is 71.3 Å². The number of nitrogens with one attached hydrogen (secondary N) is 1. The van der Waals surface area contributed by atoms with Gasteiger partial charge in [0.05, 0.1) is 12.9 Å². The van der Waals surface area contributed by atoms with Gasteiger partial charge in [0.15, 0.2) is 12.2 Å². The van der Waals surface area contributed by atoms with Crippen LogP contribution in [0, 0.1) is 6.92 Å². The van der Waals surface area contributed by atoms with Crippen molar-refractivity contribution in [3.05, 3.63) is 52.2 Å². The first-order valence-electron chi connectivity index (χ1n) is 15.6. The summed E-state index contributed by atoms with van der Waals surface area (Å²) in [6.45, 7) is 10.2. The zero-order valence-electron chi connectivity index (χ0n) is 28.8. The molecule has 2 aromatic rings. The molecule has 3 rings (SSSR count). The van der Waals surface area contributed by atoms with Crippen LogP contribution in [0.4, 0.5) is 0 Å². The van der Waals surface area contributed by atoms with Crippen molar-refractivity contribution in [3.63, 3.8) is 0 Å². The molecule has 1 saturated heterocycles. The van der Waals surface area contributed by atoms with Gasteiger partial charge < -0.3 is 28.4 Å². The predicted octanol–water partition coefficient (Wildman–Crippen LogP) is 3.27. The van der Waals surface area contributed by atoms with Crippen LogP contribution >= 0.6 is 0 Å². The van der Waals surface area contributed by atoms with Crippen molar-refractivity contribution in [1.82, 2.24) is 10.2 Å². The molecule has 1 aliphatic heterocycles. The van der Waals surface area contributed by atoms with Gasteiger partial charge in [0.2, 0.25) is 18.3 Å². The topological polar surface area (TPSA) is 196 Å². The Labute approximate surface area is 285 Å². The van der Waals surface area contributed by atoms with Crippen LogP contribution in [0.5, 0.6) is 5.88 Å². The maximum atomic E-state index is 12.3. The summed E-state index contributed by atoms with van der Waals surface area (Å²) in [5.74, 6) is -2.77. The van der Waals surface area contributed by atoms with Crippen molar-refractivity contribution in [3.8, 4) is 5.88 Å². The Morgan fingerprint density at radius 1 is 0.959 bits per heavy atom. The highest BCUT2D eigenvalue weighted by atomic mass is 32.2. The molecule has 0 aliphatic carbocycles. The lowest BCUT2D eigenvalue weighted by Crippen LogP contribution is -2.63. The molecule has 15 nitrogen and oxygen atoms in total. The van der Waals surface area contributed by atoms with E-state index in [4.69, 9.17) is 32.6 Å². The normalized spacial score (nSPS) is 21.0. The monoisotopic (exact) mass is 708 g/mol.